The summed E-state index contributed by atoms with van der Waals surface area (Å²) in [5, 5.41) is 14.9. The first kappa shape index (κ1) is 19.4. The highest BCUT2D eigenvalue weighted by Gasteiger charge is 2.53. The molecule has 1 aliphatic carbocycles. The number of carbonyl (C=O) groups is 3. The zero-order valence-corrected chi connectivity index (χ0v) is 16.6. The number of carboxylic acid groups (broad SMARTS) is 1. The monoisotopic (exact) mass is 406 g/mol. The van der Waals surface area contributed by atoms with Crippen LogP contribution in [0.4, 0.5) is 5.00 Å². The Kier molecular flexibility index (Phi) is 5.42. The van der Waals surface area contributed by atoms with Crippen LogP contribution in [-0.4, -0.2) is 37.2 Å². The molecule has 0 unspecified atom stereocenters. The van der Waals surface area contributed by atoms with E-state index >= 15 is 0 Å². The number of anilines is 1. The maximum Gasteiger partial charge on any atom is 0.341 e. The average Bonchev–Trinajstić information content (AvgIpc) is 3.34. The lowest BCUT2D eigenvalue weighted by Crippen LogP contribution is -2.46. The lowest BCUT2D eigenvalue weighted by molar-refractivity contribution is -0.313. The average molecular weight is 406 g/mol. The van der Waals surface area contributed by atoms with Crippen molar-refractivity contribution >= 4 is 34.2 Å². The minimum atomic E-state index is -1.25. The summed E-state index contributed by atoms with van der Waals surface area (Å²) in [4.78, 5) is 38.2. The van der Waals surface area contributed by atoms with Crippen molar-refractivity contribution < 1.29 is 29.0 Å². The standard InChI is InChI=1S/C20H25NO6S/c1-26-20(25)14-10-6-4-2-3-5-7-13(10)28-18(14)21-17(22)15-11-8-9-12(27-11)16(15)19(23)24/h11-12,15-16H,2-9H2,1H3,(H,21,22)(H,23,24)/p-1/t11-,12+,15-,16+/m1/s1. The van der Waals surface area contributed by atoms with Gasteiger partial charge in [0, 0.05) is 16.8 Å². The highest BCUT2D eigenvalue weighted by molar-refractivity contribution is 7.17. The maximum atomic E-state index is 13.0. The van der Waals surface area contributed by atoms with Gasteiger partial charge in [-0.1, -0.05) is 12.8 Å². The topological polar surface area (TPSA) is 105 Å². The molecule has 28 heavy (non-hydrogen) atoms. The fourth-order valence-corrected chi connectivity index (χ4v) is 6.11. The zero-order chi connectivity index (χ0) is 19.8. The Morgan fingerprint density at radius 3 is 2.43 bits per heavy atom. The van der Waals surface area contributed by atoms with E-state index < -0.39 is 41.9 Å². The number of ether oxygens (including phenoxy) is 2. The van der Waals surface area contributed by atoms with Crippen molar-refractivity contribution in [1.29, 1.82) is 0 Å². The number of hydrogen-bond donors (Lipinski definition) is 1. The van der Waals surface area contributed by atoms with Crippen LogP contribution in [-0.2, 0) is 31.9 Å². The van der Waals surface area contributed by atoms with Gasteiger partial charge in [0.2, 0.25) is 5.91 Å². The lowest BCUT2D eigenvalue weighted by Gasteiger charge is -2.27. The number of nitrogens with one attached hydrogen (secondary N) is 1. The third-order valence-electron chi connectivity index (χ3n) is 6.15. The highest BCUT2D eigenvalue weighted by atomic mass is 32.1. The van der Waals surface area contributed by atoms with Gasteiger partial charge in [0.15, 0.2) is 0 Å². The van der Waals surface area contributed by atoms with Gasteiger partial charge in [-0.25, -0.2) is 4.79 Å². The van der Waals surface area contributed by atoms with Gasteiger partial charge in [-0.3, -0.25) is 4.79 Å². The molecule has 0 saturated carbocycles. The zero-order valence-electron chi connectivity index (χ0n) is 15.8. The molecule has 7 nitrogen and oxygen atoms in total. The van der Waals surface area contributed by atoms with Crippen molar-refractivity contribution in [2.45, 2.75) is 63.6 Å². The Labute approximate surface area is 167 Å². The van der Waals surface area contributed by atoms with Crippen molar-refractivity contribution in [1.82, 2.24) is 0 Å². The largest absolute Gasteiger partial charge is 0.550 e. The van der Waals surface area contributed by atoms with Crippen molar-refractivity contribution in [2.75, 3.05) is 12.4 Å². The second kappa shape index (κ2) is 7.83. The summed E-state index contributed by atoms with van der Waals surface area (Å²) in [5.41, 5.74) is 1.39. The van der Waals surface area contributed by atoms with E-state index in [9.17, 15) is 19.5 Å². The number of fused-ring (bicyclic) bond motifs is 3. The molecule has 0 spiro atoms. The van der Waals surface area contributed by atoms with Crippen LogP contribution in [0.1, 0.15) is 59.3 Å². The first-order chi connectivity index (χ1) is 13.5. The number of thiophene rings is 1. The third kappa shape index (κ3) is 3.33. The van der Waals surface area contributed by atoms with E-state index in [-0.39, 0.29) is 0 Å². The molecule has 1 aromatic heterocycles. The van der Waals surface area contributed by atoms with Gasteiger partial charge in [-0.2, -0.15) is 0 Å². The molecule has 2 bridgehead atoms. The Hall–Kier alpha value is -1.93. The number of amides is 1. The molecule has 2 fully saturated rings. The molecule has 0 aromatic carbocycles. The molecule has 8 heteroatoms. The summed E-state index contributed by atoms with van der Waals surface area (Å²) in [6.07, 6.45) is 6.40. The van der Waals surface area contributed by atoms with Crippen molar-refractivity contribution in [3.8, 4) is 0 Å². The van der Waals surface area contributed by atoms with E-state index in [1.165, 1.54) is 18.4 Å². The molecule has 4 atom stereocenters. The van der Waals surface area contributed by atoms with E-state index in [0.717, 1.165) is 49.0 Å². The van der Waals surface area contributed by atoms with Crippen LogP contribution in [0.3, 0.4) is 0 Å². The molecule has 2 saturated heterocycles. The normalized spacial score (nSPS) is 28.9. The van der Waals surface area contributed by atoms with Crippen LogP contribution in [0.2, 0.25) is 0 Å². The Morgan fingerprint density at radius 2 is 1.75 bits per heavy atom. The molecular weight excluding hydrogens is 382 g/mol. The first-order valence-electron chi connectivity index (χ1n) is 9.91. The third-order valence-corrected chi connectivity index (χ3v) is 7.35. The number of aliphatic carboxylic acids is 1. The van der Waals surface area contributed by atoms with Gasteiger partial charge in [-0.15, -0.1) is 11.3 Å². The summed E-state index contributed by atoms with van der Waals surface area (Å²) in [5.74, 6) is -3.87. The van der Waals surface area contributed by atoms with Crippen LogP contribution in [0, 0.1) is 11.8 Å². The molecule has 3 aliphatic rings. The number of esters is 1. The Balaban J connectivity index is 1.63. The fourth-order valence-electron chi connectivity index (χ4n) is 4.83. The quantitative estimate of drug-likeness (QED) is 0.763. The molecule has 1 amide bonds. The van der Waals surface area contributed by atoms with Crippen LogP contribution in [0.25, 0.3) is 0 Å². The van der Waals surface area contributed by atoms with E-state index in [1.807, 2.05) is 0 Å². The highest BCUT2D eigenvalue weighted by Crippen LogP contribution is 2.45. The second-order valence-corrected chi connectivity index (χ2v) is 8.87. The van der Waals surface area contributed by atoms with Crippen molar-refractivity contribution in [3.63, 3.8) is 0 Å². The SMILES string of the molecule is COC(=O)c1c(NC(=O)[C@H]2[C@@H](C(=O)[O-])[C@@H]3CC[C@H]2O3)sc2c1CCCCCC2. The number of rotatable bonds is 4. The van der Waals surface area contributed by atoms with Gasteiger partial charge in [0.05, 0.1) is 30.8 Å². The molecule has 1 N–H and O–H groups in total. The number of aryl methyl sites for hydroxylation is 1. The molecule has 2 aliphatic heterocycles. The number of carboxylic acids is 1. The molecule has 1 aromatic rings. The molecule has 4 rings (SSSR count). The molecule has 3 heterocycles. The summed E-state index contributed by atoms with van der Waals surface area (Å²) in [6, 6.07) is 0. The second-order valence-electron chi connectivity index (χ2n) is 7.76. The molecular formula is C20H24NO6S-. The van der Waals surface area contributed by atoms with E-state index in [0.29, 0.717) is 23.4 Å². The molecule has 0 radical (unpaired) electrons. The summed E-state index contributed by atoms with van der Waals surface area (Å²) in [6.45, 7) is 0. The predicted octanol–water partition coefficient (Wildman–Crippen LogP) is 1.68. The van der Waals surface area contributed by atoms with E-state index in [4.69, 9.17) is 9.47 Å². The summed E-state index contributed by atoms with van der Waals surface area (Å²) in [7, 11) is 1.33. The van der Waals surface area contributed by atoms with Crippen LogP contribution in [0.15, 0.2) is 0 Å². The van der Waals surface area contributed by atoms with Gasteiger partial charge < -0.3 is 24.7 Å². The van der Waals surface area contributed by atoms with Gasteiger partial charge in [-0.05, 0) is 44.1 Å². The van der Waals surface area contributed by atoms with Gasteiger partial charge >= 0.3 is 5.97 Å². The van der Waals surface area contributed by atoms with Crippen molar-refractivity contribution in [3.05, 3.63) is 16.0 Å². The van der Waals surface area contributed by atoms with Crippen LogP contribution < -0.4 is 10.4 Å². The minimum Gasteiger partial charge on any atom is -0.550 e. The number of methoxy groups -OCH3 is 1. The van der Waals surface area contributed by atoms with Crippen LogP contribution in [0.5, 0.6) is 0 Å². The first-order valence-corrected chi connectivity index (χ1v) is 10.7. The number of carbonyl (C=O) groups excluding carboxylic acids is 3. The maximum absolute atomic E-state index is 13.0. The van der Waals surface area contributed by atoms with E-state index in [1.54, 1.807) is 0 Å². The molecule has 152 valence electrons. The predicted molar refractivity (Wildman–Crippen MR) is 100 cm³/mol. The van der Waals surface area contributed by atoms with E-state index in [2.05, 4.69) is 5.32 Å². The van der Waals surface area contributed by atoms with Crippen molar-refractivity contribution in [2.24, 2.45) is 11.8 Å². The lowest BCUT2D eigenvalue weighted by atomic mass is 9.78. The Bertz CT molecular complexity index is 803. The fraction of sp³-hybridized carbons (Fsp3) is 0.650. The Morgan fingerprint density at radius 1 is 1.07 bits per heavy atom. The smallest absolute Gasteiger partial charge is 0.341 e. The van der Waals surface area contributed by atoms with Crippen LogP contribution >= 0.6 is 11.3 Å². The minimum absolute atomic E-state index is 0.407. The van der Waals surface area contributed by atoms with Gasteiger partial charge in [0.25, 0.3) is 0 Å². The van der Waals surface area contributed by atoms with Gasteiger partial charge in [0.1, 0.15) is 5.00 Å². The summed E-state index contributed by atoms with van der Waals surface area (Å²) < 4.78 is 10.6. The number of hydrogen-bond acceptors (Lipinski definition) is 7. The summed E-state index contributed by atoms with van der Waals surface area (Å²) >= 11 is 1.41.